The highest BCUT2D eigenvalue weighted by atomic mass is 19.1. The van der Waals surface area contributed by atoms with Gasteiger partial charge in [0.05, 0.1) is 24.9 Å². The minimum Gasteiger partial charge on any atom is -0.497 e. The Labute approximate surface area is 118 Å². The van der Waals surface area contributed by atoms with E-state index in [9.17, 15) is 9.50 Å². The lowest BCUT2D eigenvalue weighted by Gasteiger charge is -2.31. The smallest absolute Gasteiger partial charge is 0.146 e. The van der Waals surface area contributed by atoms with Gasteiger partial charge < -0.3 is 15.2 Å². The zero-order chi connectivity index (χ0) is 14.6. The molecule has 0 radical (unpaired) electrons. The zero-order valence-corrected chi connectivity index (χ0v) is 11.6. The molecule has 2 N–H and O–H groups in total. The molecule has 2 aromatic carbocycles. The van der Waals surface area contributed by atoms with Gasteiger partial charge >= 0.3 is 0 Å². The van der Waals surface area contributed by atoms with Crippen LogP contribution in [0.15, 0.2) is 48.5 Å². The second-order valence-electron chi connectivity index (χ2n) is 4.83. The molecular weight excluding hydrogens is 257 g/mol. The summed E-state index contributed by atoms with van der Waals surface area (Å²) in [4.78, 5) is 0. The molecule has 0 aliphatic carbocycles. The molecule has 4 heteroatoms. The molecule has 0 aliphatic rings. The Kier molecular flexibility index (Phi) is 4.25. The number of aliphatic hydroxyl groups is 1. The maximum Gasteiger partial charge on any atom is 0.146 e. The van der Waals surface area contributed by atoms with Crippen molar-refractivity contribution in [2.45, 2.75) is 12.5 Å². The number of nitrogens with one attached hydrogen (secondary N) is 1. The summed E-state index contributed by atoms with van der Waals surface area (Å²) in [6.45, 7) is 1.64. The number of halogens is 1. The molecule has 0 aliphatic heterocycles. The lowest BCUT2D eigenvalue weighted by Crippen LogP contribution is -2.36. The number of methoxy groups -OCH3 is 1. The van der Waals surface area contributed by atoms with Crippen molar-refractivity contribution in [3.63, 3.8) is 0 Å². The molecule has 3 nitrogen and oxygen atoms in total. The summed E-state index contributed by atoms with van der Waals surface area (Å²) in [6.07, 6.45) is 0. The van der Waals surface area contributed by atoms with E-state index in [-0.39, 0.29) is 12.4 Å². The van der Waals surface area contributed by atoms with Gasteiger partial charge in [-0.15, -0.1) is 0 Å². The van der Waals surface area contributed by atoms with Gasteiger partial charge in [0.25, 0.3) is 0 Å². The third-order valence-corrected chi connectivity index (χ3v) is 3.31. The predicted molar refractivity (Wildman–Crippen MR) is 77.5 cm³/mol. The highest BCUT2D eigenvalue weighted by molar-refractivity contribution is 5.49. The molecular formula is C16H18FNO2. The van der Waals surface area contributed by atoms with Crippen molar-refractivity contribution in [1.29, 1.82) is 0 Å². The van der Waals surface area contributed by atoms with E-state index in [2.05, 4.69) is 5.32 Å². The van der Waals surface area contributed by atoms with Crippen molar-refractivity contribution in [3.05, 3.63) is 59.9 Å². The second kappa shape index (κ2) is 5.92. The monoisotopic (exact) mass is 275 g/mol. The summed E-state index contributed by atoms with van der Waals surface area (Å²) < 4.78 is 18.9. The highest BCUT2D eigenvalue weighted by Crippen LogP contribution is 2.29. The summed E-state index contributed by atoms with van der Waals surface area (Å²) in [7, 11) is 1.58. The van der Waals surface area contributed by atoms with Gasteiger partial charge in [-0.1, -0.05) is 24.3 Å². The summed E-state index contributed by atoms with van der Waals surface area (Å²) in [5, 5.41) is 12.8. The fourth-order valence-electron chi connectivity index (χ4n) is 2.03. The van der Waals surface area contributed by atoms with Crippen molar-refractivity contribution < 1.29 is 14.2 Å². The van der Waals surface area contributed by atoms with Gasteiger partial charge in [-0.25, -0.2) is 4.39 Å². The van der Waals surface area contributed by atoms with Crippen LogP contribution < -0.4 is 10.1 Å². The molecule has 106 valence electrons. The summed E-state index contributed by atoms with van der Waals surface area (Å²) in [5.74, 6) is 0.340. The first kappa shape index (κ1) is 14.3. The molecule has 0 bridgehead atoms. The summed E-state index contributed by atoms with van der Waals surface area (Å²) in [5.41, 5.74) is 0.381. The minimum absolute atomic E-state index is 0.172. The van der Waals surface area contributed by atoms with Crippen LogP contribution in [-0.4, -0.2) is 18.8 Å². The Morgan fingerprint density at radius 2 is 1.95 bits per heavy atom. The molecule has 2 aromatic rings. The molecule has 0 heterocycles. The Morgan fingerprint density at radius 3 is 2.60 bits per heavy atom. The van der Waals surface area contributed by atoms with Crippen molar-refractivity contribution in [2.75, 3.05) is 19.0 Å². The summed E-state index contributed by atoms with van der Waals surface area (Å²) >= 11 is 0. The molecule has 2 rings (SSSR count). The van der Waals surface area contributed by atoms with Gasteiger partial charge in [-0.2, -0.15) is 0 Å². The number of aliphatic hydroxyl groups excluding tert-OH is 1. The largest absolute Gasteiger partial charge is 0.497 e. The molecule has 0 saturated heterocycles. The van der Waals surface area contributed by atoms with E-state index in [0.717, 1.165) is 5.56 Å². The lowest BCUT2D eigenvalue weighted by molar-refractivity contribution is 0.223. The van der Waals surface area contributed by atoms with Crippen LogP contribution in [0.2, 0.25) is 0 Å². The molecule has 0 saturated carbocycles. The first-order valence-electron chi connectivity index (χ1n) is 6.37. The van der Waals surface area contributed by atoms with Crippen LogP contribution in [0.5, 0.6) is 5.75 Å². The molecule has 0 aromatic heterocycles. The fraction of sp³-hybridized carbons (Fsp3) is 0.250. The fourth-order valence-corrected chi connectivity index (χ4v) is 2.03. The van der Waals surface area contributed by atoms with E-state index in [4.69, 9.17) is 4.74 Å². The van der Waals surface area contributed by atoms with Crippen LogP contribution in [0, 0.1) is 5.82 Å². The van der Waals surface area contributed by atoms with Crippen LogP contribution >= 0.6 is 0 Å². The predicted octanol–water partition coefficient (Wildman–Crippen LogP) is 3.15. The molecule has 0 spiro atoms. The molecule has 0 fully saturated rings. The SMILES string of the molecule is COc1cccc(C(C)(CO)Nc2ccccc2F)c1. The normalized spacial score (nSPS) is 13.6. The van der Waals surface area contributed by atoms with Crippen molar-refractivity contribution in [3.8, 4) is 5.75 Å². The quantitative estimate of drug-likeness (QED) is 0.880. The third kappa shape index (κ3) is 2.91. The van der Waals surface area contributed by atoms with E-state index in [0.29, 0.717) is 11.4 Å². The number of hydrogen-bond donors (Lipinski definition) is 2. The number of benzene rings is 2. The van der Waals surface area contributed by atoms with Crippen molar-refractivity contribution >= 4 is 5.69 Å². The standard InChI is InChI=1S/C16H18FNO2/c1-16(11-19,12-6-5-7-13(10-12)20-2)18-15-9-4-3-8-14(15)17/h3-10,18-19H,11H2,1-2H3. The van der Waals surface area contributed by atoms with Crippen LogP contribution in [0.1, 0.15) is 12.5 Å². The Bertz CT molecular complexity index is 588. The first-order valence-corrected chi connectivity index (χ1v) is 6.37. The maximum atomic E-state index is 13.7. The Hall–Kier alpha value is -2.07. The Morgan fingerprint density at radius 1 is 1.20 bits per heavy atom. The average Bonchev–Trinajstić information content (AvgIpc) is 2.49. The van der Waals surface area contributed by atoms with Crippen LogP contribution in [-0.2, 0) is 5.54 Å². The first-order chi connectivity index (χ1) is 9.59. The molecule has 20 heavy (non-hydrogen) atoms. The topological polar surface area (TPSA) is 41.5 Å². The highest BCUT2D eigenvalue weighted by Gasteiger charge is 2.27. The van der Waals surface area contributed by atoms with E-state index >= 15 is 0 Å². The van der Waals surface area contributed by atoms with E-state index < -0.39 is 5.54 Å². The summed E-state index contributed by atoms with van der Waals surface area (Å²) in [6, 6.07) is 13.7. The molecule has 1 unspecified atom stereocenters. The van der Waals surface area contributed by atoms with Gasteiger partial charge in [0.1, 0.15) is 11.6 Å². The molecule has 1 atom stereocenters. The van der Waals surface area contributed by atoms with Crippen LogP contribution in [0.4, 0.5) is 10.1 Å². The van der Waals surface area contributed by atoms with Gasteiger partial charge in [0.15, 0.2) is 0 Å². The van der Waals surface area contributed by atoms with Gasteiger partial charge in [0, 0.05) is 0 Å². The Balaban J connectivity index is 2.35. The van der Waals surface area contributed by atoms with E-state index in [1.54, 1.807) is 25.3 Å². The van der Waals surface area contributed by atoms with Crippen LogP contribution in [0.3, 0.4) is 0 Å². The second-order valence-corrected chi connectivity index (χ2v) is 4.83. The average molecular weight is 275 g/mol. The number of anilines is 1. The lowest BCUT2D eigenvalue weighted by atomic mass is 9.92. The maximum absolute atomic E-state index is 13.7. The van der Waals surface area contributed by atoms with Crippen LogP contribution in [0.25, 0.3) is 0 Å². The number of ether oxygens (including phenoxy) is 1. The third-order valence-electron chi connectivity index (χ3n) is 3.31. The number of hydrogen-bond acceptors (Lipinski definition) is 3. The van der Waals surface area contributed by atoms with Gasteiger partial charge in [-0.05, 0) is 36.8 Å². The van der Waals surface area contributed by atoms with E-state index in [1.807, 2.05) is 31.2 Å². The number of rotatable bonds is 5. The molecule has 0 amide bonds. The van der Waals surface area contributed by atoms with E-state index in [1.165, 1.54) is 6.07 Å². The van der Waals surface area contributed by atoms with Gasteiger partial charge in [-0.3, -0.25) is 0 Å². The van der Waals surface area contributed by atoms with Crippen molar-refractivity contribution in [1.82, 2.24) is 0 Å². The van der Waals surface area contributed by atoms with Crippen molar-refractivity contribution in [2.24, 2.45) is 0 Å². The van der Waals surface area contributed by atoms with Gasteiger partial charge in [0.2, 0.25) is 0 Å². The zero-order valence-electron chi connectivity index (χ0n) is 11.6. The number of para-hydroxylation sites is 1. The minimum atomic E-state index is -0.795.